The van der Waals surface area contributed by atoms with E-state index in [1.165, 1.54) is 31.4 Å². The number of thioether (sulfide) groups is 1. The van der Waals surface area contributed by atoms with Crippen molar-refractivity contribution in [3.63, 3.8) is 0 Å². The number of halogens is 1. The van der Waals surface area contributed by atoms with E-state index >= 15 is 0 Å². The van der Waals surface area contributed by atoms with Crippen LogP contribution in [-0.4, -0.2) is 26.5 Å². The molecule has 2 aromatic rings. The third-order valence-electron chi connectivity index (χ3n) is 3.41. The van der Waals surface area contributed by atoms with E-state index in [4.69, 9.17) is 11.6 Å². The van der Waals surface area contributed by atoms with Gasteiger partial charge in [0.05, 0.1) is 5.88 Å². The predicted octanol–water partition coefficient (Wildman–Crippen LogP) is 4.40. The van der Waals surface area contributed by atoms with Gasteiger partial charge in [0.1, 0.15) is 11.3 Å². The molecule has 0 atom stereocenters. The van der Waals surface area contributed by atoms with Crippen LogP contribution in [0, 0.1) is 6.92 Å². The number of rotatable bonds is 8. The molecule has 0 amide bonds. The van der Waals surface area contributed by atoms with Gasteiger partial charge >= 0.3 is 0 Å². The van der Waals surface area contributed by atoms with Gasteiger partial charge in [-0.05, 0) is 43.9 Å². The van der Waals surface area contributed by atoms with Crippen LogP contribution in [0.5, 0.6) is 0 Å². The van der Waals surface area contributed by atoms with Gasteiger partial charge in [-0.1, -0.05) is 12.8 Å². The number of hydrogen-bond acceptors (Lipinski definition) is 3. The van der Waals surface area contributed by atoms with Crippen LogP contribution in [0.15, 0.2) is 12.1 Å². The Balaban J connectivity index is 2.02. The highest BCUT2D eigenvalue weighted by molar-refractivity contribution is 7.98. The maximum Gasteiger partial charge on any atom is 0.160 e. The highest BCUT2D eigenvalue weighted by Crippen LogP contribution is 2.18. The second kappa shape index (κ2) is 7.89. The first-order valence-electron chi connectivity index (χ1n) is 7.14. The third-order valence-corrected chi connectivity index (χ3v) is 4.35. The molecule has 0 spiro atoms. The Bertz CT molecular complexity index is 553. The summed E-state index contributed by atoms with van der Waals surface area (Å²) in [6, 6.07) is 4.03. The summed E-state index contributed by atoms with van der Waals surface area (Å²) in [4.78, 5) is 9.18. The molecule has 0 unspecified atom stereocenters. The fraction of sp³-hybridized carbons (Fsp3) is 0.600. The molecule has 2 aromatic heterocycles. The van der Waals surface area contributed by atoms with Crippen LogP contribution in [0.1, 0.15) is 37.2 Å². The van der Waals surface area contributed by atoms with Crippen LogP contribution in [0.2, 0.25) is 0 Å². The zero-order valence-corrected chi connectivity index (χ0v) is 13.8. The summed E-state index contributed by atoms with van der Waals surface area (Å²) in [5, 5.41) is 0. The summed E-state index contributed by atoms with van der Waals surface area (Å²) in [7, 11) is 0. The molecule has 3 nitrogen and oxygen atoms in total. The molecule has 0 N–H and O–H groups in total. The molecule has 0 saturated carbocycles. The highest BCUT2D eigenvalue weighted by Gasteiger charge is 2.10. The molecule has 2 rings (SSSR count). The van der Waals surface area contributed by atoms with Gasteiger partial charge in [-0.15, -0.1) is 11.6 Å². The van der Waals surface area contributed by atoms with E-state index in [1.54, 1.807) is 0 Å². The van der Waals surface area contributed by atoms with E-state index < -0.39 is 0 Å². The molecule has 0 aliphatic rings. The first kappa shape index (κ1) is 15.6. The topological polar surface area (TPSA) is 30.7 Å². The monoisotopic (exact) mass is 311 g/mol. The number of nitrogens with zero attached hydrogens (tertiary/aromatic N) is 3. The van der Waals surface area contributed by atoms with Crippen LogP contribution >= 0.6 is 23.4 Å². The second-order valence-corrected chi connectivity index (χ2v) is 6.27. The van der Waals surface area contributed by atoms with Crippen molar-refractivity contribution in [1.29, 1.82) is 0 Å². The first-order valence-corrected chi connectivity index (χ1v) is 9.06. The number of hydrogen-bond donors (Lipinski definition) is 0. The summed E-state index contributed by atoms with van der Waals surface area (Å²) < 4.78 is 2.18. The number of unbranched alkanes of at least 4 members (excludes halogenated alkanes) is 3. The van der Waals surface area contributed by atoms with Crippen LogP contribution in [0.4, 0.5) is 0 Å². The number of aromatic nitrogens is 3. The van der Waals surface area contributed by atoms with Crippen molar-refractivity contribution >= 4 is 34.5 Å². The molecular formula is C15H22ClN3S. The zero-order chi connectivity index (χ0) is 14.4. The summed E-state index contributed by atoms with van der Waals surface area (Å²) in [6.07, 6.45) is 7.20. The first-order chi connectivity index (χ1) is 9.76. The summed E-state index contributed by atoms with van der Waals surface area (Å²) >= 11 is 7.94. The lowest BCUT2D eigenvalue weighted by Gasteiger charge is -2.07. The lowest BCUT2D eigenvalue weighted by atomic mass is 10.2. The average Bonchev–Trinajstić information content (AvgIpc) is 2.80. The van der Waals surface area contributed by atoms with Crippen molar-refractivity contribution in [3.8, 4) is 0 Å². The van der Waals surface area contributed by atoms with Gasteiger partial charge in [0.15, 0.2) is 5.65 Å². The lowest BCUT2D eigenvalue weighted by molar-refractivity contribution is 0.580. The fourth-order valence-corrected chi connectivity index (χ4v) is 3.05. The Morgan fingerprint density at radius 3 is 2.70 bits per heavy atom. The second-order valence-electron chi connectivity index (χ2n) is 5.02. The van der Waals surface area contributed by atoms with Gasteiger partial charge in [0.2, 0.25) is 0 Å². The molecule has 20 heavy (non-hydrogen) atoms. The van der Waals surface area contributed by atoms with Gasteiger partial charge in [-0.3, -0.25) is 0 Å². The van der Waals surface area contributed by atoms with Crippen LogP contribution in [0.25, 0.3) is 11.2 Å². The molecule has 0 saturated heterocycles. The molecule has 5 heteroatoms. The Morgan fingerprint density at radius 1 is 1.15 bits per heavy atom. The van der Waals surface area contributed by atoms with Crippen molar-refractivity contribution in [2.45, 2.75) is 45.0 Å². The number of pyridine rings is 1. The number of aryl methyl sites for hydroxylation is 2. The van der Waals surface area contributed by atoms with E-state index in [0.29, 0.717) is 5.88 Å². The van der Waals surface area contributed by atoms with E-state index in [9.17, 15) is 0 Å². The summed E-state index contributed by atoms with van der Waals surface area (Å²) in [5.41, 5.74) is 2.96. The summed E-state index contributed by atoms with van der Waals surface area (Å²) in [6.45, 7) is 2.98. The van der Waals surface area contributed by atoms with Crippen molar-refractivity contribution < 1.29 is 0 Å². The van der Waals surface area contributed by atoms with Crippen molar-refractivity contribution in [2.75, 3.05) is 12.0 Å². The molecule has 0 aromatic carbocycles. The molecular weight excluding hydrogens is 290 g/mol. The molecule has 0 radical (unpaired) electrons. The molecule has 0 aliphatic carbocycles. The highest BCUT2D eigenvalue weighted by atomic mass is 35.5. The minimum atomic E-state index is 0.446. The largest absolute Gasteiger partial charge is 0.312 e. The summed E-state index contributed by atoms with van der Waals surface area (Å²) in [5.74, 6) is 2.65. The average molecular weight is 312 g/mol. The van der Waals surface area contributed by atoms with Crippen molar-refractivity contribution in [3.05, 3.63) is 23.7 Å². The quantitative estimate of drug-likeness (QED) is 0.534. The van der Waals surface area contributed by atoms with Gasteiger partial charge in [-0.2, -0.15) is 11.8 Å². The zero-order valence-electron chi connectivity index (χ0n) is 12.2. The van der Waals surface area contributed by atoms with Crippen molar-refractivity contribution in [1.82, 2.24) is 14.5 Å². The van der Waals surface area contributed by atoms with Crippen molar-refractivity contribution in [2.24, 2.45) is 0 Å². The number of fused-ring (bicyclic) bond motifs is 1. The van der Waals surface area contributed by atoms with Gasteiger partial charge in [0.25, 0.3) is 0 Å². The smallest absolute Gasteiger partial charge is 0.160 e. The van der Waals surface area contributed by atoms with E-state index in [-0.39, 0.29) is 0 Å². The minimum Gasteiger partial charge on any atom is -0.312 e. The van der Waals surface area contributed by atoms with Gasteiger partial charge in [-0.25, -0.2) is 9.97 Å². The van der Waals surface area contributed by atoms with Crippen LogP contribution in [0.3, 0.4) is 0 Å². The van der Waals surface area contributed by atoms with E-state index in [0.717, 1.165) is 29.2 Å². The fourth-order valence-electron chi connectivity index (χ4n) is 2.35. The Hall–Kier alpha value is -0.740. The Morgan fingerprint density at radius 2 is 1.95 bits per heavy atom. The van der Waals surface area contributed by atoms with Crippen LogP contribution < -0.4 is 0 Å². The maximum atomic E-state index is 6.01. The SMILES string of the molecule is CSCCCCCCn1c(CCl)nc2ccc(C)nc21. The molecule has 0 aliphatic heterocycles. The van der Waals surface area contributed by atoms with Gasteiger partial charge < -0.3 is 4.57 Å². The normalized spacial score (nSPS) is 11.3. The predicted molar refractivity (Wildman–Crippen MR) is 88.7 cm³/mol. The van der Waals surface area contributed by atoms with E-state index in [2.05, 4.69) is 20.8 Å². The van der Waals surface area contributed by atoms with E-state index in [1.807, 2.05) is 30.8 Å². The number of imidazole rings is 1. The molecule has 0 bridgehead atoms. The Kier molecular flexibility index (Phi) is 6.17. The molecule has 110 valence electrons. The molecule has 2 heterocycles. The van der Waals surface area contributed by atoms with Crippen LogP contribution in [-0.2, 0) is 12.4 Å². The maximum absolute atomic E-state index is 6.01. The number of alkyl halides is 1. The Labute approximate surface area is 130 Å². The standard InChI is InChI=1S/C15H22ClN3S/c1-12-7-8-13-15(17-12)19(14(11-16)18-13)9-5-3-4-6-10-20-2/h7-8H,3-6,9-11H2,1-2H3. The third kappa shape index (κ3) is 3.89. The lowest BCUT2D eigenvalue weighted by Crippen LogP contribution is -2.04. The van der Waals surface area contributed by atoms with Gasteiger partial charge in [0, 0.05) is 12.2 Å². The molecule has 0 fully saturated rings. The minimum absolute atomic E-state index is 0.446.